The van der Waals surface area contributed by atoms with Gasteiger partial charge in [-0.25, -0.2) is 9.97 Å². The van der Waals surface area contributed by atoms with E-state index in [4.69, 9.17) is 14.4 Å². The molecule has 63 heavy (non-hydrogen) atoms. The van der Waals surface area contributed by atoms with Gasteiger partial charge in [-0.05, 0) is 77.9 Å². The zero-order chi connectivity index (χ0) is 41.4. The lowest BCUT2D eigenvalue weighted by Gasteiger charge is -2.10. The standard InChI is InChI=1S/C58H36N4O/c1-4-16-37(17-5-1)49-36-50(38-18-6-2-7-19-38)60-58(59-49)46-26-14-24-44-45-25-15-29-55(57(45)63-56(44)46)62-52-28-13-11-23-43(52)48-35-40(31-33-54(48)62)39-30-32-53-47(34-39)42-22-10-12-27-51(42)61(53)41-20-8-3-9-21-41/h1-36H. The first-order valence-electron chi connectivity index (χ1n) is 21.3. The van der Waals surface area contributed by atoms with Crippen LogP contribution >= 0.6 is 0 Å². The highest BCUT2D eigenvalue weighted by Crippen LogP contribution is 2.42. The molecule has 0 N–H and O–H groups in total. The van der Waals surface area contributed by atoms with Crippen molar-refractivity contribution >= 4 is 65.6 Å². The second-order valence-electron chi connectivity index (χ2n) is 16.1. The molecular weight excluding hydrogens is 769 g/mol. The monoisotopic (exact) mass is 804 g/mol. The van der Waals surface area contributed by atoms with Gasteiger partial charge in [0.05, 0.1) is 44.7 Å². The Morgan fingerprint density at radius 2 is 0.794 bits per heavy atom. The van der Waals surface area contributed by atoms with Crippen LogP contribution in [0.1, 0.15) is 0 Å². The molecule has 0 aliphatic heterocycles. The van der Waals surface area contributed by atoms with E-state index in [2.05, 4.69) is 191 Å². The molecule has 0 saturated carbocycles. The van der Waals surface area contributed by atoms with Gasteiger partial charge in [0.1, 0.15) is 5.58 Å². The molecule has 0 saturated heterocycles. The average Bonchev–Trinajstić information content (AvgIpc) is 4.02. The van der Waals surface area contributed by atoms with Crippen molar-refractivity contribution in [2.45, 2.75) is 0 Å². The van der Waals surface area contributed by atoms with Gasteiger partial charge in [-0.3, -0.25) is 0 Å². The summed E-state index contributed by atoms with van der Waals surface area (Å²) in [5, 5.41) is 6.90. The lowest BCUT2D eigenvalue weighted by Crippen LogP contribution is -1.96. The molecule has 13 rings (SSSR count). The van der Waals surface area contributed by atoms with E-state index < -0.39 is 0 Å². The molecule has 0 aliphatic rings. The van der Waals surface area contributed by atoms with Gasteiger partial charge in [0, 0.05) is 49.1 Å². The third-order valence-electron chi connectivity index (χ3n) is 12.5. The van der Waals surface area contributed by atoms with E-state index in [-0.39, 0.29) is 0 Å². The number of rotatable bonds is 6. The minimum Gasteiger partial charge on any atom is -0.453 e. The van der Waals surface area contributed by atoms with Gasteiger partial charge in [0.25, 0.3) is 0 Å². The summed E-state index contributed by atoms with van der Waals surface area (Å²) < 4.78 is 11.8. The van der Waals surface area contributed by atoms with E-state index in [9.17, 15) is 0 Å². The van der Waals surface area contributed by atoms with Crippen LogP contribution in [0, 0.1) is 0 Å². The highest BCUT2D eigenvalue weighted by atomic mass is 16.3. The van der Waals surface area contributed by atoms with E-state index in [1.54, 1.807) is 0 Å². The predicted octanol–water partition coefficient (Wildman–Crippen LogP) is 15.2. The average molecular weight is 805 g/mol. The van der Waals surface area contributed by atoms with Crippen molar-refractivity contribution in [3.05, 3.63) is 218 Å². The normalized spacial score (nSPS) is 11.8. The smallest absolute Gasteiger partial charge is 0.164 e. The third kappa shape index (κ3) is 5.57. The van der Waals surface area contributed by atoms with Crippen molar-refractivity contribution in [1.82, 2.24) is 19.1 Å². The molecule has 0 bridgehead atoms. The molecule has 13 aromatic rings. The second kappa shape index (κ2) is 14.0. The lowest BCUT2D eigenvalue weighted by molar-refractivity contribution is 0.667. The fraction of sp³-hybridized carbons (Fsp3) is 0. The van der Waals surface area contributed by atoms with Crippen molar-refractivity contribution in [2.24, 2.45) is 0 Å². The number of benzene rings is 9. The van der Waals surface area contributed by atoms with E-state index >= 15 is 0 Å². The largest absolute Gasteiger partial charge is 0.453 e. The molecule has 0 aliphatic carbocycles. The Morgan fingerprint density at radius 3 is 1.41 bits per heavy atom. The number of fused-ring (bicyclic) bond motifs is 9. The molecule has 4 aromatic heterocycles. The number of para-hydroxylation sites is 5. The SMILES string of the molecule is c1ccc(-c2cc(-c3ccccc3)nc(-c3cccc4c3oc3c(-n5c6ccccc6c6cc(-c7ccc8c(c7)c7ccccc7n8-c7ccccc7)ccc65)cccc34)n2)cc1. The maximum atomic E-state index is 7.08. The summed E-state index contributed by atoms with van der Waals surface area (Å²) in [4.78, 5) is 10.4. The first-order valence-corrected chi connectivity index (χ1v) is 21.3. The van der Waals surface area contributed by atoms with Crippen molar-refractivity contribution in [3.8, 4) is 56.4 Å². The molecule has 0 radical (unpaired) electrons. The number of aromatic nitrogens is 4. The van der Waals surface area contributed by atoms with Crippen LogP contribution in [0.2, 0.25) is 0 Å². The summed E-state index contributed by atoms with van der Waals surface area (Å²) in [6.07, 6.45) is 0. The molecular formula is C58H36N4O. The first kappa shape index (κ1) is 35.2. The van der Waals surface area contributed by atoms with Crippen molar-refractivity contribution in [1.29, 1.82) is 0 Å². The molecule has 0 unspecified atom stereocenters. The number of hydrogen-bond acceptors (Lipinski definition) is 3. The third-order valence-corrected chi connectivity index (χ3v) is 12.5. The van der Waals surface area contributed by atoms with Crippen LogP contribution in [0.15, 0.2) is 223 Å². The lowest BCUT2D eigenvalue weighted by atomic mass is 10.0. The highest BCUT2D eigenvalue weighted by Gasteiger charge is 2.22. The first-order chi connectivity index (χ1) is 31.2. The van der Waals surface area contributed by atoms with Crippen LogP contribution in [-0.4, -0.2) is 19.1 Å². The molecule has 0 amide bonds. The Kier molecular flexibility index (Phi) is 7.84. The molecule has 294 valence electrons. The maximum Gasteiger partial charge on any atom is 0.164 e. The molecule has 0 atom stereocenters. The summed E-state index contributed by atoms with van der Waals surface area (Å²) in [6.45, 7) is 0. The number of furan rings is 1. The Morgan fingerprint density at radius 1 is 0.317 bits per heavy atom. The number of hydrogen-bond donors (Lipinski definition) is 0. The molecule has 0 spiro atoms. The summed E-state index contributed by atoms with van der Waals surface area (Å²) in [5.74, 6) is 0.619. The van der Waals surface area contributed by atoms with Gasteiger partial charge >= 0.3 is 0 Å². The van der Waals surface area contributed by atoms with Crippen LogP contribution in [-0.2, 0) is 0 Å². The van der Waals surface area contributed by atoms with Gasteiger partial charge < -0.3 is 13.6 Å². The highest BCUT2D eigenvalue weighted by molar-refractivity contribution is 6.15. The topological polar surface area (TPSA) is 48.8 Å². The second-order valence-corrected chi connectivity index (χ2v) is 16.1. The van der Waals surface area contributed by atoms with Gasteiger partial charge in [-0.2, -0.15) is 0 Å². The summed E-state index contributed by atoms with van der Waals surface area (Å²) in [6, 6.07) is 77.2. The minimum absolute atomic E-state index is 0.619. The van der Waals surface area contributed by atoms with E-state index in [1.807, 2.05) is 36.4 Å². The van der Waals surface area contributed by atoms with Crippen LogP contribution in [0.3, 0.4) is 0 Å². The molecule has 0 fully saturated rings. The van der Waals surface area contributed by atoms with Crippen LogP contribution in [0.25, 0.3) is 122 Å². The predicted molar refractivity (Wildman–Crippen MR) is 260 cm³/mol. The molecule has 9 aromatic carbocycles. The zero-order valence-electron chi connectivity index (χ0n) is 34.0. The summed E-state index contributed by atoms with van der Waals surface area (Å²) in [7, 11) is 0. The Bertz CT molecular complexity index is 3840. The van der Waals surface area contributed by atoms with Gasteiger partial charge in [-0.15, -0.1) is 0 Å². The Labute approximate surface area is 362 Å². The van der Waals surface area contributed by atoms with Gasteiger partial charge in [0.15, 0.2) is 11.4 Å². The van der Waals surface area contributed by atoms with E-state index in [0.29, 0.717) is 5.82 Å². The van der Waals surface area contributed by atoms with Crippen LogP contribution in [0.5, 0.6) is 0 Å². The Balaban J connectivity index is 0.979. The summed E-state index contributed by atoms with van der Waals surface area (Å²) in [5.41, 5.74) is 15.3. The zero-order valence-corrected chi connectivity index (χ0v) is 34.0. The molecule has 5 nitrogen and oxygen atoms in total. The minimum atomic E-state index is 0.619. The molecule has 5 heteroatoms. The van der Waals surface area contributed by atoms with Crippen molar-refractivity contribution in [3.63, 3.8) is 0 Å². The van der Waals surface area contributed by atoms with Crippen molar-refractivity contribution in [2.75, 3.05) is 0 Å². The fourth-order valence-electron chi connectivity index (χ4n) is 9.66. The van der Waals surface area contributed by atoms with Crippen LogP contribution in [0.4, 0.5) is 0 Å². The quantitative estimate of drug-likeness (QED) is 0.168. The van der Waals surface area contributed by atoms with Gasteiger partial charge in [0.2, 0.25) is 0 Å². The van der Waals surface area contributed by atoms with E-state index in [1.165, 1.54) is 43.7 Å². The maximum absolute atomic E-state index is 7.08. The van der Waals surface area contributed by atoms with Crippen LogP contribution < -0.4 is 0 Å². The summed E-state index contributed by atoms with van der Waals surface area (Å²) >= 11 is 0. The molecule has 4 heterocycles. The van der Waals surface area contributed by atoms with Gasteiger partial charge in [-0.1, -0.05) is 152 Å². The van der Waals surface area contributed by atoms with E-state index in [0.717, 1.165) is 72.4 Å². The Hall–Kier alpha value is -8.54. The van der Waals surface area contributed by atoms with Crippen molar-refractivity contribution < 1.29 is 4.42 Å². The fourth-order valence-corrected chi connectivity index (χ4v) is 9.66. The number of nitrogens with zero attached hydrogens (tertiary/aromatic N) is 4.